The van der Waals surface area contributed by atoms with Crippen molar-refractivity contribution in [2.75, 3.05) is 0 Å². The molecule has 1 amide bonds. The smallest absolute Gasteiger partial charge is 0.251 e. The summed E-state index contributed by atoms with van der Waals surface area (Å²) >= 11 is 5.77. The average Bonchev–Trinajstić information content (AvgIpc) is 2.48. The van der Waals surface area contributed by atoms with Crippen molar-refractivity contribution in [1.82, 2.24) is 10.3 Å². The number of carbonyl (C=O) groups is 1. The second-order valence-corrected chi connectivity index (χ2v) is 4.58. The predicted octanol–water partition coefficient (Wildman–Crippen LogP) is 3.31. The largest absolute Gasteiger partial charge is 0.346 e. The van der Waals surface area contributed by atoms with Crippen molar-refractivity contribution < 1.29 is 4.79 Å². The molecule has 98 valence electrons. The maximum Gasteiger partial charge on any atom is 0.251 e. The number of amides is 1. The predicted molar refractivity (Wildman–Crippen MR) is 76.1 cm³/mol. The highest BCUT2D eigenvalue weighted by Gasteiger charge is 2.11. The Labute approximate surface area is 117 Å². The van der Waals surface area contributed by atoms with Crippen LogP contribution in [0.15, 0.2) is 48.8 Å². The normalized spacial score (nSPS) is 11.9. The Morgan fingerprint density at radius 3 is 2.74 bits per heavy atom. The number of alkyl halides is 1. The molecule has 1 atom stereocenters. The van der Waals surface area contributed by atoms with Crippen LogP contribution in [0.3, 0.4) is 0 Å². The zero-order valence-electron chi connectivity index (χ0n) is 10.6. The zero-order valence-corrected chi connectivity index (χ0v) is 11.4. The second-order valence-electron chi connectivity index (χ2n) is 4.31. The van der Waals surface area contributed by atoms with Crippen molar-refractivity contribution in [2.45, 2.75) is 18.8 Å². The van der Waals surface area contributed by atoms with Gasteiger partial charge in [0.05, 0.1) is 6.04 Å². The number of carbonyl (C=O) groups excluding carboxylic acids is 1. The molecule has 1 aromatic carbocycles. The number of nitrogens with zero attached hydrogens (tertiary/aromatic N) is 1. The molecular formula is C15H15ClN2O. The van der Waals surface area contributed by atoms with Crippen LogP contribution in [-0.2, 0) is 5.88 Å². The Morgan fingerprint density at radius 2 is 2.05 bits per heavy atom. The maximum atomic E-state index is 12.1. The van der Waals surface area contributed by atoms with Gasteiger partial charge in [-0.05, 0) is 42.3 Å². The molecule has 0 aliphatic rings. The van der Waals surface area contributed by atoms with Gasteiger partial charge < -0.3 is 5.32 Å². The van der Waals surface area contributed by atoms with Crippen LogP contribution < -0.4 is 5.32 Å². The Balaban J connectivity index is 2.08. The van der Waals surface area contributed by atoms with E-state index in [4.69, 9.17) is 11.6 Å². The monoisotopic (exact) mass is 274 g/mol. The first-order valence-electron chi connectivity index (χ1n) is 6.06. The molecule has 2 rings (SSSR count). The average molecular weight is 275 g/mol. The summed E-state index contributed by atoms with van der Waals surface area (Å²) in [4.78, 5) is 16.1. The fraction of sp³-hybridized carbons (Fsp3) is 0.200. The van der Waals surface area contributed by atoms with Crippen molar-refractivity contribution in [3.05, 3.63) is 65.5 Å². The SMILES string of the molecule is C[C@@H](NC(=O)c1cccc(CCl)c1)c1ccncc1. The molecule has 0 saturated heterocycles. The fourth-order valence-corrected chi connectivity index (χ4v) is 1.98. The van der Waals surface area contributed by atoms with Gasteiger partial charge in [0.2, 0.25) is 0 Å². The van der Waals surface area contributed by atoms with E-state index in [9.17, 15) is 4.79 Å². The first-order chi connectivity index (χ1) is 9.20. The van der Waals surface area contributed by atoms with E-state index in [1.807, 2.05) is 37.3 Å². The third-order valence-corrected chi connectivity index (χ3v) is 3.21. The maximum absolute atomic E-state index is 12.1. The minimum Gasteiger partial charge on any atom is -0.346 e. The number of benzene rings is 1. The summed E-state index contributed by atoms with van der Waals surface area (Å²) in [5, 5.41) is 2.95. The van der Waals surface area contributed by atoms with Crippen LogP contribution in [0.4, 0.5) is 0 Å². The Morgan fingerprint density at radius 1 is 1.32 bits per heavy atom. The first kappa shape index (κ1) is 13.6. The molecule has 0 aliphatic heterocycles. The van der Waals surface area contributed by atoms with Gasteiger partial charge in [0.25, 0.3) is 5.91 Å². The molecule has 0 radical (unpaired) electrons. The fourth-order valence-electron chi connectivity index (χ4n) is 1.81. The summed E-state index contributed by atoms with van der Waals surface area (Å²) in [6, 6.07) is 11.0. The Kier molecular flexibility index (Phi) is 4.53. The van der Waals surface area contributed by atoms with Crippen LogP contribution >= 0.6 is 11.6 Å². The lowest BCUT2D eigenvalue weighted by Gasteiger charge is -2.14. The lowest BCUT2D eigenvalue weighted by molar-refractivity contribution is 0.0940. The number of halogens is 1. The molecule has 0 aliphatic carbocycles. The number of hydrogen-bond acceptors (Lipinski definition) is 2. The molecule has 0 unspecified atom stereocenters. The van der Waals surface area contributed by atoms with Crippen molar-refractivity contribution >= 4 is 17.5 Å². The minimum atomic E-state index is -0.101. The molecule has 2 aromatic rings. The molecular weight excluding hydrogens is 260 g/mol. The van der Waals surface area contributed by atoms with Gasteiger partial charge in [-0.3, -0.25) is 9.78 Å². The molecule has 19 heavy (non-hydrogen) atoms. The van der Waals surface area contributed by atoms with Crippen LogP contribution in [0.1, 0.15) is 34.5 Å². The number of hydrogen-bond donors (Lipinski definition) is 1. The summed E-state index contributed by atoms with van der Waals surface area (Å²) in [7, 11) is 0. The molecule has 0 bridgehead atoms. The van der Waals surface area contributed by atoms with E-state index in [0.29, 0.717) is 11.4 Å². The Hall–Kier alpha value is -1.87. The van der Waals surface area contributed by atoms with Gasteiger partial charge in [-0.2, -0.15) is 0 Å². The quantitative estimate of drug-likeness (QED) is 0.869. The lowest BCUT2D eigenvalue weighted by Crippen LogP contribution is -2.26. The highest BCUT2D eigenvalue weighted by molar-refractivity contribution is 6.17. The van der Waals surface area contributed by atoms with Crippen molar-refractivity contribution in [3.63, 3.8) is 0 Å². The number of rotatable bonds is 4. The van der Waals surface area contributed by atoms with E-state index in [-0.39, 0.29) is 11.9 Å². The standard InChI is InChI=1S/C15H15ClN2O/c1-11(13-5-7-17-8-6-13)18-15(19)14-4-2-3-12(9-14)10-16/h2-9,11H,10H2,1H3,(H,18,19)/t11-/m1/s1. The summed E-state index contributed by atoms with van der Waals surface area (Å²) in [6.07, 6.45) is 3.43. The number of pyridine rings is 1. The van der Waals surface area contributed by atoms with Crippen LogP contribution in [0, 0.1) is 0 Å². The van der Waals surface area contributed by atoms with E-state index in [0.717, 1.165) is 11.1 Å². The van der Waals surface area contributed by atoms with Gasteiger partial charge in [0.15, 0.2) is 0 Å². The Bertz CT molecular complexity index is 557. The highest BCUT2D eigenvalue weighted by Crippen LogP contribution is 2.13. The molecule has 1 aromatic heterocycles. The third kappa shape index (κ3) is 3.55. The minimum absolute atomic E-state index is 0.0600. The van der Waals surface area contributed by atoms with E-state index in [1.165, 1.54) is 0 Å². The summed E-state index contributed by atoms with van der Waals surface area (Å²) in [6.45, 7) is 1.94. The molecule has 3 nitrogen and oxygen atoms in total. The second kappa shape index (κ2) is 6.34. The zero-order chi connectivity index (χ0) is 13.7. The van der Waals surface area contributed by atoms with Gasteiger partial charge >= 0.3 is 0 Å². The lowest BCUT2D eigenvalue weighted by atomic mass is 10.1. The molecule has 1 N–H and O–H groups in total. The topological polar surface area (TPSA) is 42.0 Å². The van der Waals surface area contributed by atoms with Crippen LogP contribution in [0.5, 0.6) is 0 Å². The van der Waals surface area contributed by atoms with Gasteiger partial charge in [0, 0.05) is 23.8 Å². The molecule has 4 heteroatoms. The van der Waals surface area contributed by atoms with Gasteiger partial charge in [-0.15, -0.1) is 11.6 Å². The first-order valence-corrected chi connectivity index (χ1v) is 6.60. The van der Waals surface area contributed by atoms with Crippen molar-refractivity contribution in [1.29, 1.82) is 0 Å². The van der Waals surface area contributed by atoms with E-state index >= 15 is 0 Å². The number of nitrogens with one attached hydrogen (secondary N) is 1. The van der Waals surface area contributed by atoms with Gasteiger partial charge in [-0.1, -0.05) is 12.1 Å². The van der Waals surface area contributed by atoms with Crippen molar-refractivity contribution in [3.8, 4) is 0 Å². The number of aromatic nitrogens is 1. The molecule has 0 saturated carbocycles. The van der Waals surface area contributed by atoms with Crippen LogP contribution in [-0.4, -0.2) is 10.9 Å². The van der Waals surface area contributed by atoms with E-state index in [1.54, 1.807) is 18.5 Å². The molecule has 0 spiro atoms. The third-order valence-electron chi connectivity index (χ3n) is 2.90. The molecule has 1 heterocycles. The highest BCUT2D eigenvalue weighted by atomic mass is 35.5. The van der Waals surface area contributed by atoms with Gasteiger partial charge in [-0.25, -0.2) is 0 Å². The van der Waals surface area contributed by atoms with Crippen LogP contribution in [0.25, 0.3) is 0 Å². The summed E-state index contributed by atoms with van der Waals surface area (Å²) in [5.74, 6) is 0.303. The van der Waals surface area contributed by atoms with Gasteiger partial charge in [0.1, 0.15) is 0 Å². The molecule has 0 fully saturated rings. The van der Waals surface area contributed by atoms with Crippen LogP contribution in [0.2, 0.25) is 0 Å². The van der Waals surface area contributed by atoms with E-state index in [2.05, 4.69) is 10.3 Å². The van der Waals surface area contributed by atoms with E-state index < -0.39 is 0 Å². The van der Waals surface area contributed by atoms with Crippen molar-refractivity contribution in [2.24, 2.45) is 0 Å². The summed E-state index contributed by atoms with van der Waals surface area (Å²) in [5.41, 5.74) is 2.58. The summed E-state index contributed by atoms with van der Waals surface area (Å²) < 4.78 is 0.